The van der Waals surface area contributed by atoms with Crippen molar-refractivity contribution in [2.24, 2.45) is 0 Å². The monoisotopic (exact) mass is 357 g/mol. The number of ether oxygens (including phenoxy) is 1. The Kier molecular flexibility index (Phi) is 5.82. The number of carbonyl (C=O) groups is 3. The predicted octanol–water partition coefficient (Wildman–Crippen LogP) is 2.76. The molecule has 1 heterocycles. The fraction of sp³-hybridized carbons (Fsp3) is 0.316. The van der Waals surface area contributed by atoms with Gasteiger partial charge >= 0.3 is 5.97 Å². The molecule has 0 saturated heterocycles. The van der Waals surface area contributed by atoms with Crippen molar-refractivity contribution in [1.82, 2.24) is 9.88 Å². The van der Waals surface area contributed by atoms with E-state index in [1.165, 1.54) is 4.90 Å². The van der Waals surface area contributed by atoms with Gasteiger partial charge in [-0.3, -0.25) is 9.59 Å². The van der Waals surface area contributed by atoms with Crippen LogP contribution < -0.4 is 5.32 Å². The van der Waals surface area contributed by atoms with E-state index in [1.807, 2.05) is 0 Å². The molecule has 7 nitrogen and oxygen atoms in total. The predicted molar refractivity (Wildman–Crippen MR) is 98.6 cm³/mol. The molecule has 0 saturated carbocycles. The first kappa shape index (κ1) is 19.2. The minimum atomic E-state index is -0.462. The molecule has 2 N–H and O–H groups in total. The Balaban J connectivity index is 2.26. The number of hydrogen-bond donors (Lipinski definition) is 2. The molecule has 0 unspecified atom stereocenters. The lowest BCUT2D eigenvalue weighted by Crippen LogP contribution is -2.22. The molecule has 0 aliphatic heterocycles. The lowest BCUT2D eigenvalue weighted by Gasteiger charge is -2.11. The zero-order valence-electron chi connectivity index (χ0n) is 15.6. The molecule has 0 fully saturated rings. The van der Waals surface area contributed by atoms with Gasteiger partial charge in [-0.2, -0.15) is 0 Å². The Labute approximate surface area is 152 Å². The lowest BCUT2D eigenvalue weighted by atomic mass is 10.1. The number of nitrogens with zero attached hydrogens (tertiary/aromatic N) is 1. The number of amides is 2. The van der Waals surface area contributed by atoms with E-state index in [0.717, 1.165) is 0 Å². The third-order valence-corrected chi connectivity index (χ3v) is 3.92. The molecule has 1 aromatic heterocycles. The molecule has 2 rings (SSSR count). The highest BCUT2D eigenvalue weighted by molar-refractivity contribution is 6.07. The fourth-order valence-electron chi connectivity index (χ4n) is 2.67. The van der Waals surface area contributed by atoms with E-state index in [2.05, 4.69) is 10.3 Å². The van der Waals surface area contributed by atoms with Crippen molar-refractivity contribution in [3.63, 3.8) is 0 Å². The van der Waals surface area contributed by atoms with Crippen molar-refractivity contribution in [1.29, 1.82) is 0 Å². The number of benzene rings is 1. The van der Waals surface area contributed by atoms with Crippen LogP contribution in [-0.2, 0) is 4.74 Å². The van der Waals surface area contributed by atoms with Crippen molar-refractivity contribution in [3.05, 3.63) is 52.3 Å². The summed E-state index contributed by atoms with van der Waals surface area (Å²) in [6.07, 6.45) is 0. The van der Waals surface area contributed by atoms with Gasteiger partial charge in [-0.1, -0.05) is 6.07 Å². The molecule has 138 valence electrons. The first-order valence-corrected chi connectivity index (χ1v) is 8.25. The van der Waals surface area contributed by atoms with Crippen LogP contribution in [0.2, 0.25) is 0 Å². The number of esters is 1. The van der Waals surface area contributed by atoms with Gasteiger partial charge in [0.25, 0.3) is 11.8 Å². The molecule has 2 aromatic rings. The third kappa shape index (κ3) is 3.93. The van der Waals surface area contributed by atoms with Gasteiger partial charge in [0.1, 0.15) is 5.69 Å². The minimum Gasteiger partial charge on any atom is -0.462 e. The summed E-state index contributed by atoms with van der Waals surface area (Å²) >= 11 is 0. The molecule has 0 radical (unpaired) electrons. The van der Waals surface area contributed by atoms with Crippen LogP contribution in [0.5, 0.6) is 0 Å². The number of carbonyl (C=O) groups excluding carboxylic acids is 3. The summed E-state index contributed by atoms with van der Waals surface area (Å²) in [6.45, 7) is 5.39. The second-order valence-corrected chi connectivity index (χ2v) is 6.08. The normalized spacial score (nSPS) is 10.3. The molecule has 1 aromatic carbocycles. The van der Waals surface area contributed by atoms with Crippen LogP contribution in [0.15, 0.2) is 24.3 Å². The number of hydrogen-bond acceptors (Lipinski definition) is 4. The average Bonchev–Trinajstić information content (AvgIpc) is 2.89. The lowest BCUT2D eigenvalue weighted by molar-refractivity contribution is 0.0524. The van der Waals surface area contributed by atoms with E-state index in [-0.39, 0.29) is 18.2 Å². The van der Waals surface area contributed by atoms with Crippen LogP contribution in [0.25, 0.3) is 0 Å². The van der Waals surface area contributed by atoms with Crippen molar-refractivity contribution in [2.45, 2.75) is 20.8 Å². The van der Waals surface area contributed by atoms with Gasteiger partial charge in [-0.25, -0.2) is 4.79 Å². The first-order chi connectivity index (χ1) is 12.3. The van der Waals surface area contributed by atoms with Gasteiger partial charge in [-0.05, 0) is 44.5 Å². The van der Waals surface area contributed by atoms with E-state index in [4.69, 9.17) is 4.74 Å². The highest BCUT2D eigenvalue weighted by atomic mass is 16.5. The fourth-order valence-corrected chi connectivity index (χ4v) is 2.67. The topological polar surface area (TPSA) is 91.5 Å². The van der Waals surface area contributed by atoms with Crippen molar-refractivity contribution in [3.8, 4) is 0 Å². The number of aryl methyl sites for hydroxylation is 1. The van der Waals surface area contributed by atoms with Crippen LogP contribution >= 0.6 is 0 Å². The molecule has 2 amide bonds. The highest BCUT2D eigenvalue weighted by Crippen LogP contribution is 2.21. The molecule has 7 heteroatoms. The number of aromatic nitrogens is 1. The summed E-state index contributed by atoms with van der Waals surface area (Å²) in [4.78, 5) is 41.1. The summed E-state index contributed by atoms with van der Waals surface area (Å²) < 4.78 is 5.03. The maximum Gasteiger partial charge on any atom is 0.340 e. The second-order valence-electron chi connectivity index (χ2n) is 6.08. The van der Waals surface area contributed by atoms with E-state index < -0.39 is 11.9 Å². The molecule has 0 aliphatic rings. The number of nitrogens with one attached hydrogen (secondary N) is 2. The van der Waals surface area contributed by atoms with E-state index >= 15 is 0 Å². The van der Waals surface area contributed by atoms with Gasteiger partial charge in [0.2, 0.25) is 0 Å². The van der Waals surface area contributed by atoms with Crippen LogP contribution in [0.1, 0.15) is 49.4 Å². The van der Waals surface area contributed by atoms with Crippen LogP contribution in [0.3, 0.4) is 0 Å². The summed E-state index contributed by atoms with van der Waals surface area (Å²) in [5, 5.41) is 2.75. The van der Waals surface area contributed by atoms with Crippen molar-refractivity contribution >= 4 is 23.5 Å². The van der Waals surface area contributed by atoms with Crippen molar-refractivity contribution in [2.75, 3.05) is 26.0 Å². The SMILES string of the molecule is CCOC(=O)c1c(C)[nH]c(C(=O)Nc2cccc(C(=O)N(C)C)c2)c1C. The number of rotatable bonds is 5. The van der Waals surface area contributed by atoms with E-state index in [0.29, 0.717) is 28.1 Å². The largest absolute Gasteiger partial charge is 0.462 e. The highest BCUT2D eigenvalue weighted by Gasteiger charge is 2.23. The first-order valence-electron chi connectivity index (χ1n) is 8.25. The van der Waals surface area contributed by atoms with E-state index in [1.54, 1.807) is 59.1 Å². The summed E-state index contributed by atoms with van der Waals surface area (Å²) in [5.74, 6) is -1.01. The number of aromatic amines is 1. The molecule has 0 spiro atoms. The summed E-state index contributed by atoms with van der Waals surface area (Å²) in [5.41, 5.74) is 2.72. The Bertz CT molecular complexity index is 852. The Morgan fingerprint density at radius 3 is 2.50 bits per heavy atom. The molecule has 26 heavy (non-hydrogen) atoms. The standard InChI is InChI=1S/C19H23N3O4/c1-6-26-19(25)15-11(2)16(20-12(15)3)17(23)21-14-9-7-8-13(10-14)18(24)22(4)5/h7-10,20H,6H2,1-5H3,(H,21,23). The van der Waals surface area contributed by atoms with Gasteiger partial charge < -0.3 is 19.9 Å². The zero-order valence-corrected chi connectivity index (χ0v) is 15.6. The minimum absolute atomic E-state index is 0.155. The molecular weight excluding hydrogens is 334 g/mol. The van der Waals surface area contributed by atoms with Gasteiger partial charge in [0.15, 0.2) is 0 Å². The zero-order chi connectivity index (χ0) is 19.4. The van der Waals surface area contributed by atoms with Crippen LogP contribution in [0, 0.1) is 13.8 Å². The maximum absolute atomic E-state index is 12.6. The molecular formula is C19H23N3O4. The maximum atomic E-state index is 12.6. The quantitative estimate of drug-likeness (QED) is 0.805. The van der Waals surface area contributed by atoms with Gasteiger partial charge in [0.05, 0.1) is 12.2 Å². The summed E-state index contributed by atoms with van der Waals surface area (Å²) in [7, 11) is 3.32. The Morgan fingerprint density at radius 2 is 1.88 bits per heavy atom. The Morgan fingerprint density at radius 1 is 1.19 bits per heavy atom. The number of H-pyrrole nitrogens is 1. The smallest absolute Gasteiger partial charge is 0.340 e. The van der Waals surface area contributed by atoms with Crippen LogP contribution in [0.4, 0.5) is 5.69 Å². The Hall–Kier alpha value is -3.09. The molecule has 0 atom stereocenters. The number of anilines is 1. The second kappa shape index (κ2) is 7.86. The molecule has 0 aliphatic carbocycles. The molecule has 0 bridgehead atoms. The van der Waals surface area contributed by atoms with E-state index in [9.17, 15) is 14.4 Å². The summed E-state index contributed by atoms with van der Waals surface area (Å²) in [6, 6.07) is 6.68. The van der Waals surface area contributed by atoms with Crippen molar-refractivity contribution < 1.29 is 19.1 Å². The van der Waals surface area contributed by atoms with Crippen LogP contribution in [-0.4, -0.2) is 48.4 Å². The third-order valence-electron chi connectivity index (χ3n) is 3.92. The van der Waals surface area contributed by atoms with Gasteiger partial charge in [-0.15, -0.1) is 0 Å². The van der Waals surface area contributed by atoms with Gasteiger partial charge in [0, 0.05) is 31.0 Å². The average molecular weight is 357 g/mol.